The lowest BCUT2D eigenvalue weighted by molar-refractivity contribution is 0.127. The van der Waals surface area contributed by atoms with Gasteiger partial charge in [-0.2, -0.15) is 0 Å². The summed E-state index contributed by atoms with van der Waals surface area (Å²) in [7, 11) is 3.22. The standard InChI is InChI=1S/C13H19BrN2O3/c1-18-8-6-16(7-9-19-2)13(17)15-12-5-3-4-11(14)10-12/h3-5,10H,6-9H2,1-2H3,(H,15,17). The molecule has 0 aliphatic rings. The third-order valence-corrected chi connectivity index (χ3v) is 2.99. The van der Waals surface area contributed by atoms with Crippen LogP contribution in [0.15, 0.2) is 28.7 Å². The Hall–Kier alpha value is -1.11. The molecule has 1 aromatic carbocycles. The molecule has 0 fully saturated rings. The minimum Gasteiger partial charge on any atom is -0.383 e. The van der Waals surface area contributed by atoms with Gasteiger partial charge in [-0.15, -0.1) is 0 Å². The van der Waals surface area contributed by atoms with Crippen molar-refractivity contribution in [3.63, 3.8) is 0 Å². The van der Waals surface area contributed by atoms with E-state index in [9.17, 15) is 4.79 Å². The molecule has 0 saturated heterocycles. The molecule has 0 unspecified atom stereocenters. The second-order valence-corrected chi connectivity index (χ2v) is 4.83. The van der Waals surface area contributed by atoms with Gasteiger partial charge < -0.3 is 19.7 Å². The third kappa shape index (κ3) is 6.04. The van der Waals surface area contributed by atoms with Crippen LogP contribution < -0.4 is 5.32 Å². The molecule has 0 aromatic heterocycles. The van der Waals surface area contributed by atoms with Crippen LogP contribution in [0.2, 0.25) is 0 Å². The summed E-state index contributed by atoms with van der Waals surface area (Å²) in [5, 5.41) is 2.85. The lowest BCUT2D eigenvalue weighted by Crippen LogP contribution is -2.39. The fourth-order valence-electron chi connectivity index (χ4n) is 1.49. The van der Waals surface area contributed by atoms with Crippen LogP contribution in [0.1, 0.15) is 0 Å². The van der Waals surface area contributed by atoms with Crippen LogP contribution in [0, 0.1) is 0 Å². The largest absolute Gasteiger partial charge is 0.383 e. The predicted molar refractivity (Wildman–Crippen MR) is 78.5 cm³/mol. The second-order valence-electron chi connectivity index (χ2n) is 3.91. The van der Waals surface area contributed by atoms with E-state index in [1.165, 1.54) is 0 Å². The normalized spacial score (nSPS) is 10.3. The van der Waals surface area contributed by atoms with Crippen molar-refractivity contribution in [1.29, 1.82) is 0 Å². The maximum absolute atomic E-state index is 12.1. The number of halogens is 1. The van der Waals surface area contributed by atoms with Crippen LogP contribution in [0.4, 0.5) is 10.5 Å². The van der Waals surface area contributed by atoms with Crippen molar-refractivity contribution in [3.05, 3.63) is 28.7 Å². The summed E-state index contributed by atoms with van der Waals surface area (Å²) in [6.07, 6.45) is 0. The van der Waals surface area contributed by atoms with E-state index in [1.54, 1.807) is 19.1 Å². The first-order valence-electron chi connectivity index (χ1n) is 5.96. The Morgan fingerprint density at radius 3 is 2.42 bits per heavy atom. The summed E-state index contributed by atoms with van der Waals surface area (Å²) in [4.78, 5) is 13.8. The van der Waals surface area contributed by atoms with E-state index in [0.717, 1.165) is 10.2 Å². The molecule has 19 heavy (non-hydrogen) atoms. The van der Waals surface area contributed by atoms with Crippen LogP contribution in [-0.4, -0.2) is 51.5 Å². The Balaban J connectivity index is 2.59. The quantitative estimate of drug-likeness (QED) is 0.835. The number of methoxy groups -OCH3 is 2. The first kappa shape index (κ1) is 15.9. The average Bonchev–Trinajstić information content (AvgIpc) is 2.38. The zero-order valence-electron chi connectivity index (χ0n) is 11.2. The second kappa shape index (κ2) is 8.90. The highest BCUT2D eigenvalue weighted by atomic mass is 79.9. The van der Waals surface area contributed by atoms with E-state index in [2.05, 4.69) is 21.2 Å². The predicted octanol–water partition coefficient (Wildman–Crippen LogP) is 2.58. The van der Waals surface area contributed by atoms with Crippen molar-refractivity contribution in [2.24, 2.45) is 0 Å². The fraction of sp³-hybridized carbons (Fsp3) is 0.462. The summed E-state index contributed by atoms with van der Waals surface area (Å²) < 4.78 is 10.9. The molecule has 1 rings (SSSR count). The third-order valence-electron chi connectivity index (χ3n) is 2.49. The van der Waals surface area contributed by atoms with Crippen molar-refractivity contribution in [2.45, 2.75) is 0 Å². The zero-order valence-corrected chi connectivity index (χ0v) is 12.8. The number of benzene rings is 1. The number of hydrogen-bond donors (Lipinski definition) is 1. The molecule has 6 heteroatoms. The Morgan fingerprint density at radius 1 is 1.26 bits per heavy atom. The monoisotopic (exact) mass is 330 g/mol. The summed E-state index contributed by atoms with van der Waals surface area (Å²) in [5.41, 5.74) is 0.749. The van der Waals surface area contributed by atoms with Crippen molar-refractivity contribution in [3.8, 4) is 0 Å². The van der Waals surface area contributed by atoms with Crippen LogP contribution in [-0.2, 0) is 9.47 Å². The van der Waals surface area contributed by atoms with Gasteiger partial charge in [0.1, 0.15) is 0 Å². The van der Waals surface area contributed by atoms with E-state index in [-0.39, 0.29) is 6.03 Å². The van der Waals surface area contributed by atoms with Crippen molar-refractivity contribution in [1.82, 2.24) is 4.90 Å². The summed E-state index contributed by atoms with van der Waals surface area (Å²) in [5.74, 6) is 0. The van der Waals surface area contributed by atoms with Gasteiger partial charge in [0, 0.05) is 37.5 Å². The van der Waals surface area contributed by atoms with Gasteiger partial charge in [0.05, 0.1) is 13.2 Å². The first-order valence-corrected chi connectivity index (χ1v) is 6.76. The molecule has 0 spiro atoms. The van der Waals surface area contributed by atoms with Gasteiger partial charge in [-0.05, 0) is 18.2 Å². The maximum atomic E-state index is 12.1. The van der Waals surface area contributed by atoms with Crippen molar-refractivity contribution < 1.29 is 14.3 Å². The molecular weight excluding hydrogens is 312 g/mol. The van der Waals surface area contributed by atoms with Crippen LogP contribution >= 0.6 is 15.9 Å². The maximum Gasteiger partial charge on any atom is 0.322 e. The van der Waals surface area contributed by atoms with Gasteiger partial charge in [0.15, 0.2) is 0 Å². The van der Waals surface area contributed by atoms with E-state index in [1.807, 2.05) is 24.3 Å². The summed E-state index contributed by atoms with van der Waals surface area (Å²) in [6.45, 7) is 2.05. The lowest BCUT2D eigenvalue weighted by atomic mass is 10.3. The average molecular weight is 331 g/mol. The molecule has 1 aromatic rings. The number of carbonyl (C=O) groups excluding carboxylic acids is 1. The van der Waals surface area contributed by atoms with E-state index >= 15 is 0 Å². The zero-order chi connectivity index (χ0) is 14.1. The number of rotatable bonds is 7. The van der Waals surface area contributed by atoms with E-state index < -0.39 is 0 Å². The molecule has 0 aliphatic heterocycles. The lowest BCUT2D eigenvalue weighted by Gasteiger charge is -2.22. The number of hydrogen-bond acceptors (Lipinski definition) is 3. The van der Waals surface area contributed by atoms with E-state index in [4.69, 9.17) is 9.47 Å². The highest BCUT2D eigenvalue weighted by Crippen LogP contribution is 2.16. The molecule has 0 heterocycles. The molecule has 5 nitrogen and oxygen atoms in total. The number of carbonyl (C=O) groups is 1. The molecular formula is C13H19BrN2O3. The molecule has 0 radical (unpaired) electrons. The van der Waals surface area contributed by atoms with Gasteiger partial charge in [0.2, 0.25) is 0 Å². The molecule has 0 atom stereocenters. The smallest absolute Gasteiger partial charge is 0.322 e. The topological polar surface area (TPSA) is 50.8 Å². The minimum atomic E-state index is -0.160. The van der Waals surface area contributed by atoms with Crippen molar-refractivity contribution in [2.75, 3.05) is 45.8 Å². The highest BCUT2D eigenvalue weighted by Gasteiger charge is 2.13. The number of nitrogens with zero attached hydrogens (tertiary/aromatic N) is 1. The van der Waals surface area contributed by atoms with Crippen LogP contribution in [0.25, 0.3) is 0 Å². The van der Waals surface area contributed by atoms with Gasteiger partial charge in [0.25, 0.3) is 0 Å². The van der Waals surface area contributed by atoms with Crippen LogP contribution in [0.3, 0.4) is 0 Å². The SMILES string of the molecule is COCCN(CCOC)C(=O)Nc1cccc(Br)c1. The number of amides is 2. The number of anilines is 1. The number of ether oxygens (including phenoxy) is 2. The Kier molecular flexibility index (Phi) is 7.47. The molecule has 2 amide bonds. The Bertz CT molecular complexity index is 393. The van der Waals surface area contributed by atoms with E-state index in [0.29, 0.717) is 26.3 Å². The van der Waals surface area contributed by atoms with Gasteiger partial charge in [-0.25, -0.2) is 4.79 Å². The van der Waals surface area contributed by atoms with Gasteiger partial charge in [-0.1, -0.05) is 22.0 Å². The molecule has 1 N–H and O–H groups in total. The first-order chi connectivity index (χ1) is 9.17. The minimum absolute atomic E-state index is 0.160. The number of urea groups is 1. The summed E-state index contributed by atoms with van der Waals surface area (Å²) >= 11 is 3.37. The molecule has 0 saturated carbocycles. The Morgan fingerprint density at radius 2 is 1.89 bits per heavy atom. The fourth-order valence-corrected chi connectivity index (χ4v) is 1.89. The number of nitrogens with one attached hydrogen (secondary N) is 1. The molecule has 0 aliphatic carbocycles. The van der Waals surface area contributed by atoms with Crippen LogP contribution in [0.5, 0.6) is 0 Å². The van der Waals surface area contributed by atoms with Gasteiger partial charge in [-0.3, -0.25) is 0 Å². The van der Waals surface area contributed by atoms with Gasteiger partial charge >= 0.3 is 6.03 Å². The molecule has 106 valence electrons. The highest BCUT2D eigenvalue weighted by molar-refractivity contribution is 9.10. The Labute approximate surface area is 122 Å². The van der Waals surface area contributed by atoms with Crippen molar-refractivity contribution >= 4 is 27.6 Å². The molecule has 0 bridgehead atoms. The summed E-state index contributed by atoms with van der Waals surface area (Å²) in [6, 6.07) is 7.31.